The molecule has 2 aromatic heterocycles. The van der Waals surface area contributed by atoms with Gasteiger partial charge in [-0.05, 0) is 25.1 Å². The summed E-state index contributed by atoms with van der Waals surface area (Å²) in [4.78, 5) is 14.9. The molecular weight excluding hydrogens is 428 g/mol. The highest BCUT2D eigenvalue weighted by molar-refractivity contribution is 7.79. The molecule has 10 nitrogen and oxygen atoms in total. The van der Waals surface area contributed by atoms with Crippen LogP contribution in [0.2, 0.25) is 5.02 Å². The zero-order valence-electron chi connectivity index (χ0n) is 15.0. The van der Waals surface area contributed by atoms with Crippen LogP contribution in [-0.2, 0) is 21.6 Å². The Kier molecular flexibility index (Phi) is 7.51. The molecule has 0 aliphatic carbocycles. The number of halogens is 1. The summed E-state index contributed by atoms with van der Waals surface area (Å²) in [5.74, 6) is -0.426. The van der Waals surface area contributed by atoms with Crippen molar-refractivity contribution in [2.45, 2.75) is 25.9 Å². The molecule has 0 saturated heterocycles. The molecule has 3 aromatic rings. The molecule has 1 atom stereocenters. The fourth-order valence-electron chi connectivity index (χ4n) is 2.35. The summed E-state index contributed by atoms with van der Waals surface area (Å²) < 4.78 is 42.7. The molecule has 1 aromatic carbocycles. The van der Waals surface area contributed by atoms with Crippen LogP contribution < -0.4 is 4.74 Å². The SMILES string of the molecule is C[C@@H](Oc1cc2onc(CCC(=O)O)c2cc1Cl)c1ccccn1.O=S(=O)(O)O. The smallest absolute Gasteiger partial charge is 0.394 e. The number of carboxylic acid groups (broad SMARTS) is 1. The van der Waals surface area contributed by atoms with Gasteiger partial charge in [0.2, 0.25) is 0 Å². The fraction of sp³-hybridized carbons (Fsp3) is 0.235. The lowest BCUT2D eigenvalue weighted by molar-refractivity contribution is -0.136. The summed E-state index contributed by atoms with van der Waals surface area (Å²) in [6, 6.07) is 8.94. The van der Waals surface area contributed by atoms with Crippen molar-refractivity contribution in [2.24, 2.45) is 0 Å². The van der Waals surface area contributed by atoms with Crippen molar-refractivity contribution in [1.29, 1.82) is 0 Å². The summed E-state index contributed by atoms with van der Waals surface area (Å²) in [6.45, 7) is 1.88. The van der Waals surface area contributed by atoms with E-state index in [1.54, 1.807) is 18.3 Å². The molecule has 0 aliphatic rings. The largest absolute Gasteiger partial charge is 0.483 e. The van der Waals surface area contributed by atoms with E-state index in [1.807, 2.05) is 25.1 Å². The predicted molar refractivity (Wildman–Crippen MR) is 102 cm³/mol. The molecule has 0 bridgehead atoms. The second kappa shape index (κ2) is 9.65. The third kappa shape index (κ3) is 7.31. The van der Waals surface area contributed by atoms with Crippen molar-refractivity contribution in [1.82, 2.24) is 10.1 Å². The number of pyridine rings is 1. The van der Waals surface area contributed by atoms with Gasteiger partial charge in [0.15, 0.2) is 5.58 Å². The Morgan fingerprint density at radius 1 is 1.31 bits per heavy atom. The van der Waals surface area contributed by atoms with Crippen LogP contribution >= 0.6 is 11.6 Å². The second-order valence-electron chi connectivity index (χ2n) is 5.76. The number of hydrogen-bond acceptors (Lipinski definition) is 7. The number of hydrogen-bond donors (Lipinski definition) is 3. The zero-order valence-corrected chi connectivity index (χ0v) is 16.6. The molecule has 12 heteroatoms. The molecule has 0 amide bonds. The number of carboxylic acids is 1. The highest BCUT2D eigenvalue weighted by atomic mass is 35.5. The van der Waals surface area contributed by atoms with Crippen LogP contribution in [0.25, 0.3) is 11.0 Å². The summed E-state index contributed by atoms with van der Waals surface area (Å²) in [6.07, 6.45) is 1.68. The minimum Gasteiger partial charge on any atom is -0.483 e. The molecule has 0 unspecified atom stereocenters. The first-order valence-electron chi connectivity index (χ1n) is 8.11. The van der Waals surface area contributed by atoms with Crippen LogP contribution in [0.15, 0.2) is 41.1 Å². The van der Waals surface area contributed by atoms with E-state index in [9.17, 15) is 4.79 Å². The Labute approximate surface area is 170 Å². The number of aryl methyl sites for hydroxylation is 1. The minimum absolute atomic E-state index is 0.0196. The Morgan fingerprint density at radius 3 is 2.59 bits per heavy atom. The van der Waals surface area contributed by atoms with Gasteiger partial charge in [-0.1, -0.05) is 22.8 Å². The normalized spacial score (nSPS) is 12.1. The van der Waals surface area contributed by atoms with Crippen LogP contribution in [0, 0.1) is 0 Å². The first kappa shape index (κ1) is 22.6. The number of fused-ring (bicyclic) bond motifs is 1. The van der Waals surface area contributed by atoms with Gasteiger partial charge in [0.05, 0.1) is 22.8 Å². The van der Waals surface area contributed by atoms with Gasteiger partial charge >= 0.3 is 16.4 Å². The third-order valence-electron chi connectivity index (χ3n) is 3.58. The van der Waals surface area contributed by atoms with Crippen molar-refractivity contribution in [3.8, 4) is 5.75 Å². The molecule has 0 saturated carbocycles. The monoisotopic (exact) mass is 444 g/mol. The lowest BCUT2D eigenvalue weighted by Gasteiger charge is -2.15. The Balaban J connectivity index is 0.000000537. The van der Waals surface area contributed by atoms with Gasteiger partial charge in [-0.2, -0.15) is 8.42 Å². The topological polar surface area (TPSA) is 160 Å². The van der Waals surface area contributed by atoms with Crippen molar-refractivity contribution in [3.05, 3.63) is 52.9 Å². The number of carbonyl (C=O) groups is 1. The number of nitrogens with zero attached hydrogens (tertiary/aromatic N) is 2. The van der Waals surface area contributed by atoms with Crippen LogP contribution in [0.4, 0.5) is 0 Å². The van der Waals surface area contributed by atoms with Gasteiger partial charge in [-0.15, -0.1) is 0 Å². The standard InChI is InChI=1S/C17H15ClN2O4.H2O4S/c1-10(13-4-2-3-7-19-13)23-16-9-15-11(8-12(16)18)14(20-24-15)5-6-17(21)22;1-5(2,3)4/h2-4,7-10H,5-6H2,1H3,(H,21,22);(H2,1,2,3,4)/t10-;/m1./s1. The average Bonchev–Trinajstić information content (AvgIpc) is 3.01. The van der Waals surface area contributed by atoms with Gasteiger partial charge in [-0.25, -0.2) is 0 Å². The molecule has 29 heavy (non-hydrogen) atoms. The van der Waals surface area contributed by atoms with Crippen molar-refractivity contribution in [3.63, 3.8) is 0 Å². The van der Waals surface area contributed by atoms with Crippen LogP contribution in [0.3, 0.4) is 0 Å². The molecule has 0 spiro atoms. The van der Waals surface area contributed by atoms with E-state index in [1.165, 1.54) is 0 Å². The Bertz CT molecular complexity index is 1080. The summed E-state index contributed by atoms with van der Waals surface area (Å²) in [7, 11) is -4.67. The van der Waals surface area contributed by atoms with Gasteiger partial charge < -0.3 is 14.4 Å². The van der Waals surface area contributed by atoms with Crippen molar-refractivity contribution < 1.29 is 36.7 Å². The number of aromatic nitrogens is 2. The third-order valence-corrected chi connectivity index (χ3v) is 3.88. The Morgan fingerprint density at radius 2 is 2.00 bits per heavy atom. The molecule has 2 heterocycles. The molecule has 0 fully saturated rings. The Hall–Kier alpha value is -2.73. The van der Waals surface area contributed by atoms with E-state index < -0.39 is 16.4 Å². The van der Waals surface area contributed by atoms with E-state index in [2.05, 4.69) is 10.1 Å². The first-order valence-corrected chi connectivity index (χ1v) is 9.89. The fourth-order valence-corrected chi connectivity index (χ4v) is 2.56. The van der Waals surface area contributed by atoms with Crippen LogP contribution in [0.5, 0.6) is 5.75 Å². The van der Waals surface area contributed by atoms with Crippen LogP contribution in [0.1, 0.15) is 30.8 Å². The van der Waals surface area contributed by atoms with E-state index in [4.69, 9.17) is 43.5 Å². The van der Waals surface area contributed by atoms with Gasteiger partial charge in [0.1, 0.15) is 11.9 Å². The lowest BCUT2D eigenvalue weighted by Crippen LogP contribution is -2.05. The predicted octanol–water partition coefficient (Wildman–Crippen LogP) is 3.38. The van der Waals surface area contributed by atoms with Crippen LogP contribution in [-0.4, -0.2) is 38.7 Å². The number of rotatable bonds is 6. The van der Waals surface area contributed by atoms with E-state index in [-0.39, 0.29) is 18.9 Å². The van der Waals surface area contributed by atoms with E-state index in [0.29, 0.717) is 27.4 Å². The highest BCUT2D eigenvalue weighted by Crippen LogP contribution is 2.34. The maximum Gasteiger partial charge on any atom is 0.394 e. The van der Waals surface area contributed by atoms with E-state index >= 15 is 0 Å². The molecular formula is C17H17ClN2O8S. The average molecular weight is 445 g/mol. The zero-order chi connectivity index (χ0) is 21.6. The summed E-state index contributed by atoms with van der Waals surface area (Å²) in [5, 5.41) is 13.8. The lowest BCUT2D eigenvalue weighted by atomic mass is 10.1. The van der Waals surface area contributed by atoms with Gasteiger partial charge in [0, 0.05) is 24.1 Å². The minimum atomic E-state index is -4.67. The maximum absolute atomic E-state index is 10.7. The molecule has 0 aliphatic heterocycles. The summed E-state index contributed by atoms with van der Waals surface area (Å²) >= 11 is 6.30. The number of ether oxygens (including phenoxy) is 1. The maximum atomic E-state index is 10.7. The van der Waals surface area contributed by atoms with Crippen molar-refractivity contribution in [2.75, 3.05) is 0 Å². The molecule has 0 radical (unpaired) electrons. The van der Waals surface area contributed by atoms with E-state index in [0.717, 1.165) is 5.69 Å². The molecule has 3 N–H and O–H groups in total. The van der Waals surface area contributed by atoms with Gasteiger partial charge in [-0.3, -0.25) is 18.9 Å². The second-order valence-corrected chi connectivity index (χ2v) is 7.07. The van der Waals surface area contributed by atoms with Crippen molar-refractivity contribution >= 4 is 38.9 Å². The number of benzene rings is 1. The molecule has 156 valence electrons. The molecule has 3 rings (SSSR count). The highest BCUT2D eigenvalue weighted by Gasteiger charge is 2.16. The van der Waals surface area contributed by atoms with Gasteiger partial charge in [0.25, 0.3) is 0 Å². The quantitative estimate of drug-likeness (QED) is 0.480. The summed E-state index contributed by atoms with van der Waals surface area (Å²) in [5.41, 5.74) is 1.86. The first-order chi connectivity index (χ1) is 13.5. The number of aliphatic carboxylic acids is 1.